The normalized spacial score (nSPS) is 12.8. The minimum atomic E-state index is -1.78. The molecule has 152 valence electrons. The van der Waals surface area contributed by atoms with Crippen molar-refractivity contribution in [3.63, 3.8) is 0 Å². The highest BCUT2D eigenvalue weighted by Gasteiger charge is 2.19. The first-order valence-electron chi connectivity index (χ1n) is 8.46. The van der Waals surface area contributed by atoms with Crippen molar-refractivity contribution in [3.05, 3.63) is 0 Å². The zero-order chi connectivity index (χ0) is 20.1. The highest BCUT2D eigenvalue weighted by Crippen LogP contribution is 2.00. The largest absolute Gasteiger partial charge is 0.508 e. The summed E-state index contributed by atoms with van der Waals surface area (Å²) in [6, 6.07) is 0. The maximum absolute atomic E-state index is 11.8. The fraction of sp³-hybridized carbons (Fsp3) is 0.800. The van der Waals surface area contributed by atoms with Crippen LogP contribution in [0.5, 0.6) is 0 Å². The van der Waals surface area contributed by atoms with Crippen molar-refractivity contribution in [2.45, 2.75) is 27.7 Å². The predicted octanol–water partition coefficient (Wildman–Crippen LogP) is 1.56. The second-order valence-corrected chi connectivity index (χ2v) is 7.82. The van der Waals surface area contributed by atoms with Gasteiger partial charge in [-0.1, -0.05) is 0 Å². The van der Waals surface area contributed by atoms with Crippen molar-refractivity contribution < 1.29 is 32.3 Å². The second kappa shape index (κ2) is 13.7. The molecule has 0 aromatic carbocycles. The highest BCUT2D eigenvalue weighted by molar-refractivity contribution is 8.00. The van der Waals surface area contributed by atoms with E-state index in [0.29, 0.717) is 26.2 Å². The minimum absolute atomic E-state index is 0.128. The Kier molecular flexibility index (Phi) is 12.9. The van der Waals surface area contributed by atoms with Crippen LogP contribution in [0.1, 0.15) is 27.7 Å². The van der Waals surface area contributed by atoms with Gasteiger partial charge < -0.3 is 19.3 Å². The van der Waals surface area contributed by atoms with Gasteiger partial charge >= 0.3 is 16.6 Å². The summed E-state index contributed by atoms with van der Waals surface area (Å²) < 4.78 is 33.0. The molecule has 2 unspecified atom stereocenters. The van der Waals surface area contributed by atoms with Gasteiger partial charge in [-0.3, -0.25) is 9.59 Å². The molecule has 0 saturated heterocycles. The second-order valence-electron chi connectivity index (χ2n) is 4.92. The maximum Gasteiger partial charge on any atom is 0.508 e. The number of amides is 2. The molecule has 0 heterocycles. The van der Waals surface area contributed by atoms with Gasteiger partial charge in [-0.25, -0.2) is 13.2 Å². The summed E-state index contributed by atoms with van der Waals surface area (Å²) in [5.74, 6) is -0.256. The summed E-state index contributed by atoms with van der Waals surface area (Å²) in [4.78, 5) is 37.8. The van der Waals surface area contributed by atoms with E-state index in [4.69, 9.17) is 9.47 Å². The van der Waals surface area contributed by atoms with Crippen molar-refractivity contribution in [2.75, 3.05) is 50.9 Å². The minimum Gasteiger partial charge on any atom is -0.433 e. The van der Waals surface area contributed by atoms with Gasteiger partial charge in [-0.2, -0.15) is 0 Å². The lowest BCUT2D eigenvalue weighted by atomic mass is 10.6. The van der Waals surface area contributed by atoms with Gasteiger partial charge in [0, 0.05) is 26.2 Å². The predicted molar refractivity (Wildman–Crippen MR) is 100.0 cm³/mol. The summed E-state index contributed by atoms with van der Waals surface area (Å²) in [5.41, 5.74) is 0. The Hall–Kier alpha value is -1.49. The van der Waals surface area contributed by atoms with Crippen LogP contribution in [0.15, 0.2) is 0 Å². The van der Waals surface area contributed by atoms with Gasteiger partial charge in [0.05, 0.1) is 11.5 Å². The fourth-order valence-electron chi connectivity index (χ4n) is 1.87. The van der Waals surface area contributed by atoms with Crippen LogP contribution in [-0.4, -0.2) is 85.7 Å². The molecular formula is C15H28N2O7S2. The molecule has 0 aromatic rings. The summed E-state index contributed by atoms with van der Waals surface area (Å²) in [6.07, 6.45) is -1.02. The molecule has 0 rings (SSSR count). The topological polar surface area (TPSA) is 110 Å². The number of nitrogens with zero attached hydrogens (tertiary/aromatic N) is 2. The number of rotatable bonds is 10. The first-order chi connectivity index (χ1) is 12.3. The Bertz CT molecular complexity index is 476. The van der Waals surface area contributed by atoms with E-state index in [1.165, 1.54) is 9.80 Å². The first-order valence-corrected chi connectivity index (χ1v) is 11.1. The zero-order valence-corrected chi connectivity index (χ0v) is 17.4. The van der Waals surface area contributed by atoms with Crippen LogP contribution in [0.3, 0.4) is 0 Å². The molecule has 0 aromatic heterocycles. The first kappa shape index (κ1) is 24.5. The van der Waals surface area contributed by atoms with Gasteiger partial charge in [-0.05, 0) is 27.7 Å². The monoisotopic (exact) mass is 412 g/mol. The molecule has 0 spiro atoms. The molecule has 0 aliphatic heterocycles. The van der Waals surface area contributed by atoms with Gasteiger partial charge in [0.2, 0.25) is 0 Å². The van der Waals surface area contributed by atoms with E-state index < -0.39 is 38.2 Å². The summed E-state index contributed by atoms with van der Waals surface area (Å²) in [7, 11) is -3.56. The molecule has 2 atom stereocenters. The Morgan fingerprint density at radius 2 is 1.00 bits per heavy atom. The lowest BCUT2D eigenvalue weighted by molar-refractivity contribution is 0.0642. The molecule has 0 radical (unpaired) electrons. The van der Waals surface area contributed by atoms with Crippen molar-refractivity contribution in [1.82, 2.24) is 9.80 Å². The molecule has 0 aliphatic carbocycles. The highest BCUT2D eigenvalue weighted by atomic mass is 32.2. The number of carbonyl (C=O) groups is 3. The van der Waals surface area contributed by atoms with Crippen LogP contribution >= 0.6 is 0 Å². The Morgan fingerprint density at radius 3 is 1.27 bits per heavy atom. The molecule has 0 saturated carbocycles. The molecule has 2 amide bonds. The molecule has 0 fully saturated rings. The maximum atomic E-state index is 11.8. The third-order valence-corrected chi connectivity index (χ3v) is 5.78. The molecule has 0 bridgehead atoms. The number of hydrogen-bond donors (Lipinski definition) is 0. The van der Waals surface area contributed by atoms with Crippen LogP contribution in [0, 0.1) is 0 Å². The summed E-state index contributed by atoms with van der Waals surface area (Å²) in [6.45, 7) is 8.45. The van der Waals surface area contributed by atoms with Crippen LogP contribution in [0.2, 0.25) is 0 Å². The van der Waals surface area contributed by atoms with E-state index in [1.807, 2.05) is 0 Å². The average molecular weight is 413 g/mol. The van der Waals surface area contributed by atoms with E-state index in [1.54, 1.807) is 27.7 Å². The summed E-state index contributed by atoms with van der Waals surface area (Å²) in [5, 5.41) is -1.01. The van der Waals surface area contributed by atoms with E-state index in [9.17, 15) is 22.8 Å². The lowest BCUT2D eigenvalue weighted by Gasteiger charge is -2.17. The molecule has 9 nitrogen and oxygen atoms in total. The molecule has 0 aliphatic rings. The number of carbonyl (C=O) groups excluding carboxylic acids is 3. The zero-order valence-electron chi connectivity index (χ0n) is 15.7. The lowest BCUT2D eigenvalue weighted by Crippen LogP contribution is -2.34. The van der Waals surface area contributed by atoms with E-state index >= 15 is 0 Å². The molecule has 26 heavy (non-hydrogen) atoms. The SMILES string of the molecule is CCN(CC)C(=O)S(=O)CCOC(=O)OCCS(=O)C(=O)N(CC)CC. The third kappa shape index (κ3) is 8.75. The molecule has 0 N–H and O–H groups in total. The molecule has 11 heteroatoms. The molecular weight excluding hydrogens is 384 g/mol. The van der Waals surface area contributed by atoms with E-state index in [0.717, 1.165) is 0 Å². The number of hydrogen-bond acceptors (Lipinski definition) is 7. The third-order valence-electron chi connectivity index (χ3n) is 3.41. The average Bonchev–Trinajstić information content (AvgIpc) is 2.63. The fourth-order valence-corrected chi connectivity index (χ4v) is 3.78. The van der Waals surface area contributed by atoms with Crippen molar-refractivity contribution in [2.24, 2.45) is 0 Å². The number of ether oxygens (including phenoxy) is 2. The summed E-state index contributed by atoms with van der Waals surface area (Å²) >= 11 is 0. The Labute approximate surface area is 159 Å². The van der Waals surface area contributed by atoms with Gasteiger partial charge in [0.15, 0.2) is 0 Å². The van der Waals surface area contributed by atoms with Crippen molar-refractivity contribution >= 4 is 38.2 Å². The standard InChI is InChI=1S/C15H28N2O7S2/c1-5-16(6-2)13(18)25(21)11-9-23-15(20)24-10-12-26(22)14(19)17(7-3)8-4/h5-12H2,1-4H3. The quantitative estimate of drug-likeness (QED) is 0.501. The van der Waals surface area contributed by atoms with Crippen LogP contribution in [0.25, 0.3) is 0 Å². The van der Waals surface area contributed by atoms with E-state index in [-0.39, 0.29) is 24.7 Å². The Balaban J connectivity index is 4.07. The van der Waals surface area contributed by atoms with Gasteiger partial charge in [0.1, 0.15) is 34.8 Å². The van der Waals surface area contributed by atoms with E-state index in [2.05, 4.69) is 0 Å². The van der Waals surface area contributed by atoms with Crippen molar-refractivity contribution in [1.29, 1.82) is 0 Å². The van der Waals surface area contributed by atoms with Crippen LogP contribution < -0.4 is 0 Å². The van der Waals surface area contributed by atoms with Crippen LogP contribution in [-0.2, 0) is 31.1 Å². The Morgan fingerprint density at radius 1 is 0.692 bits per heavy atom. The van der Waals surface area contributed by atoms with Gasteiger partial charge in [0.25, 0.3) is 0 Å². The van der Waals surface area contributed by atoms with Gasteiger partial charge in [-0.15, -0.1) is 0 Å². The van der Waals surface area contributed by atoms with Crippen LogP contribution in [0.4, 0.5) is 14.4 Å². The smallest absolute Gasteiger partial charge is 0.433 e. The van der Waals surface area contributed by atoms with Crippen molar-refractivity contribution in [3.8, 4) is 0 Å².